The molecule has 5 heteroatoms. The number of carbonyl (C=O) groups excluding carboxylic acids is 1. The minimum atomic E-state index is -0.214. The lowest BCUT2D eigenvalue weighted by atomic mass is 9.97. The summed E-state index contributed by atoms with van der Waals surface area (Å²) in [4.78, 5) is 20.0. The lowest BCUT2D eigenvalue weighted by molar-refractivity contribution is -0.134. The van der Waals surface area contributed by atoms with Crippen molar-refractivity contribution < 1.29 is 4.79 Å². The highest BCUT2D eigenvalue weighted by Gasteiger charge is 2.30. The van der Waals surface area contributed by atoms with E-state index in [1.165, 1.54) is 12.8 Å². The van der Waals surface area contributed by atoms with Gasteiger partial charge in [0.2, 0.25) is 5.91 Å². The van der Waals surface area contributed by atoms with Crippen LogP contribution in [0.2, 0.25) is 0 Å². The molecule has 0 bridgehead atoms. The number of hydrogen-bond donors (Lipinski definition) is 1. The van der Waals surface area contributed by atoms with Crippen molar-refractivity contribution in [2.75, 3.05) is 45.8 Å². The van der Waals surface area contributed by atoms with Gasteiger partial charge < -0.3 is 10.6 Å². The molecule has 1 amide bonds. The van der Waals surface area contributed by atoms with Crippen molar-refractivity contribution in [2.45, 2.75) is 44.7 Å². The highest BCUT2D eigenvalue weighted by atomic mass is 16.2. The first-order valence-corrected chi connectivity index (χ1v) is 10.1. The monoisotopic (exact) mass is 358 g/mol. The lowest BCUT2D eigenvalue weighted by Crippen LogP contribution is -2.52. The quantitative estimate of drug-likeness (QED) is 0.842. The van der Waals surface area contributed by atoms with E-state index in [2.05, 4.69) is 23.6 Å². The highest BCUT2D eigenvalue weighted by molar-refractivity contribution is 5.84. The van der Waals surface area contributed by atoms with Gasteiger partial charge in [-0.3, -0.25) is 14.6 Å². The molecule has 0 spiro atoms. The maximum atomic E-state index is 12.9. The van der Waals surface area contributed by atoms with Crippen LogP contribution in [0.1, 0.15) is 38.2 Å². The molecule has 2 fully saturated rings. The number of piperazine rings is 1. The molecule has 26 heavy (non-hydrogen) atoms. The molecule has 5 nitrogen and oxygen atoms in total. The Hall–Kier alpha value is -1.43. The van der Waals surface area contributed by atoms with Gasteiger partial charge in [-0.15, -0.1) is 0 Å². The second-order valence-corrected chi connectivity index (χ2v) is 7.88. The first-order chi connectivity index (χ1) is 12.6. The Kier molecular flexibility index (Phi) is 6.68. The molecular formula is C21H34N4O. The molecule has 0 unspecified atom stereocenters. The van der Waals surface area contributed by atoms with Gasteiger partial charge in [0.1, 0.15) is 0 Å². The molecule has 2 saturated heterocycles. The fraction of sp³-hybridized carbons (Fsp3) is 0.667. The normalized spacial score (nSPS) is 26.2. The van der Waals surface area contributed by atoms with Gasteiger partial charge in [0.05, 0.1) is 5.92 Å². The smallest absolute Gasteiger partial charge is 0.231 e. The van der Waals surface area contributed by atoms with Crippen molar-refractivity contribution in [3.8, 4) is 0 Å². The van der Waals surface area contributed by atoms with E-state index < -0.39 is 0 Å². The Labute approximate surface area is 158 Å². The standard InChI is InChI=1S/C21H34N4O/c1-17-8-9-18(2)25(17)15-12-23-10-13-24(14-11-23)21(26)20(16-22)19-6-4-3-5-7-19/h3-7,17-18,20H,8-16,22H2,1-2H3/t17-,18-,20+/m1/s1. The van der Waals surface area contributed by atoms with Crippen molar-refractivity contribution >= 4 is 5.91 Å². The number of benzene rings is 1. The minimum Gasteiger partial charge on any atom is -0.340 e. The number of carbonyl (C=O) groups is 1. The summed E-state index contributed by atoms with van der Waals surface area (Å²) in [5.41, 5.74) is 6.95. The molecule has 3 rings (SSSR count). The predicted octanol–water partition coefficient (Wildman–Crippen LogP) is 1.75. The second-order valence-electron chi connectivity index (χ2n) is 7.88. The van der Waals surface area contributed by atoms with Crippen LogP contribution in [0.25, 0.3) is 0 Å². The van der Waals surface area contributed by atoms with E-state index in [-0.39, 0.29) is 11.8 Å². The topological polar surface area (TPSA) is 52.8 Å². The summed E-state index contributed by atoms with van der Waals surface area (Å²) < 4.78 is 0. The maximum absolute atomic E-state index is 12.9. The van der Waals surface area contributed by atoms with Gasteiger partial charge in [0.15, 0.2) is 0 Å². The number of hydrogen-bond acceptors (Lipinski definition) is 4. The van der Waals surface area contributed by atoms with E-state index in [0.29, 0.717) is 18.6 Å². The first kappa shape index (κ1) is 19.3. The van der Waals surface area contributed by atoms with E-state index in [0.717, 1.165) is 44.8 Å². The number of amides is 1. The van der Waals surface area contributed by atoms with E-state index in [9.17, 15) is 4.79 Å². The summed E-state index contributed by atoms with van der Waals surface area (Å²) >= 11 is 0. The molecule has 1 aromatic rings. The zero-order chi connectivity index (χ0) is 18.5. The van der Waals surface area contributed by atoms with Crippen LogP contribution in [0.3, 0.4) is 0 Å². The summed E-state index contributed by atoms with van der Waals surface area (Å²) in [6.45, 7) is 10.9. The molecule has 2 aliphatic rings. The van der Waals surface area contributed by atoms with Gasteiger partial charge in [-0.2, -0.15) is 0 Å². The van der Waals surface area contributed by atoms with Gasteiger partial charge in [-0.25, -0.2) is 0 Å². The molecule has 2 N–H and O–H groups in total. The average Bonchev–Trinajstić information content (AvgIpc) is 2.99. The van der Waals surface area contributed by atoms with Crippen LogP contribution in [0, 0.1) is 0 Å². The minimum absolute atomic E-state index is 0.181. The molecule has 144 valence electrons. The summed E-state index contributed by atoms with van der Waals surface area (Å²) in [5.74, 6) is -0.0332. The summed E-state index contributed by atoms with van der Waals surface area (Å²) in [7, 11) is 0. The predicted molar refractivity (Wildman–Crippen MR) is 106 cm³/mol. The fourth-order valence-electron chi connectivity index (χ4n) is 4.42. The van der Waals surface area contributed by atoms with Crippen molar-refractivity contribution in [3.63, 3.8) is 0 Å². The lowest BCUT2D eigenvalue weighted by Gasteiger charge is -2.37. The number of nitrogens with zero attached hydrogens (tertiary/aromatic N) is 3. The SMILES string of the molecule is C[C@@H]1CC[C@@H](C)N1CCN1CCN(C(=O)[C@@H](CN)c2ccccc2)CC1. The van der Waals surface area contributed by atoms with Gasteiger partial charge in [-0.1, -0.05) is 30.3 Å². The molecule has 0 aromatic heterocycles. The Bertz CT molecular complexity index is 561. The van der Waals surface area contributed by atoms with Crippen LogP contribution in [0.4, 0.5) is 0 Å². The fourth-order valence-corrected chi connectivity index (χ4v) is 4.42. The second kappa shape index (κ2) is 8.98. The van der Waals surface area contributed by atoms with Gasteiger partial charge in [0, 0.05) is 57.9 Å². The zero-order valence-corrected chi connectivity index (χ0v) is 16.3. The number of rotatable bonds is 6. The van der Waals surface area contributed by atoms with Crippen LogP contribution in [0.5, 0.6) is 0 Å². The third-order valence-corrected chi connectivity index (χ3v) is 6.23. The average molecular weight is 359 g/mol. The first-order valence-electron chi connectivity index (χ1n) is 10.1. The Balaban J connectivity index is 1.47. The molecule has 0 radical (unpaired) electrons. The Morgan fingerprint density at radius 2 is 1.65 bits per heavy atom. The molecule has 2 heterocycles. The summed E-state index contributed by atoms with van der Waals surface area (Å²) in [6.07, 6.45) is 2.65. The van der Waals surface area contributed by atoms with Crippen molar-refractivity contribution in [1.29, 1.82) is 0 Å². The van der Waals surface area contributed by atoms with Crippen molar-refractivity contribution in [1.82, 2.24) is 14.7 Å². The molecule has 3 atom stereocenters. The van der Waals surface area contributed by atoms with E-state index in [1.807, 2.05) is 35.2 Å². The van der Waals surface area contributed by atoms with Crippen LogP contribution in [-0.2, 0) is 4.79 Å². The zero-order valence-electron chi connectivity index (χ0n) is 16.3. The highest BCUT2D eigenvalue weighted by Crippen LogP contribution is 2.23. The molecule has 1 aromatic carbocycles. The molecule has 2 aliphatic heterocycles. The number of likely N-dealkylation sites (tertiary alicyclic amines) is 1. The van der Waals surface area contributed by atoms with Crippen LogP contribution in [0.15, 0.2) is 30.3 Å². The van der Waals surface area contributed by atoms with Crippen LogP contribution >= 0.6 is 0 Å². The van der Waals surface area contributed by atoms with Crippen molar-refractivity contribution in [3.05, 3.63) is 35.9 Å². The van der Waals surface area contributed by atoms with Gasteiger partial charge in [0.25, 0.3) is 0 Å². The van der Waals surface area contributed by atoms with Gasteiger partial charge in [-0.05, 0) is 32.3 Å². The Morgan fingerprint density at radius 3 is 2.23 bits per heavy atom. The molecule has 0 aliphatic carbocycles. The van der Waals surface area contributed by atoms with Gasteiger partial charge >= 0.3 is 0 Å². The summed E-state index contributed by atoms with van der Waals surface area (Å²) in [6, 6.07) is 11.4. The maximum Gasteiger partial charge on any atom is 0.231 e. The molecular weight excluding hydrogens is 324 g/mol. The molecule has 0 saturated carbocycles. The third-order valence-electron chi connectivity index (χ3n) is 6.23. The summed E-state index contributed by atoms with van der Waals surface area (Å²) in [5, 5.41) is 0. The van der Waals surface area contributed by atoms with Crippen molar-refractivity contribution in [2.24, 2.45) is 5.73 Å². The van der Waals surface area contributed by atoms with Crippen LogP contribution < -0.4 is 5.73 Å². The van der Waals surface area contributed by atoms with Crippen LogP contribution in [-0.4, -0.2) is 78.5 Å². The third kappa shape index (κ3) is 4.45. The van der Waals surface area contributed by atoms with E-state index >= 15 is 0 Å². The number of nitrogens with two attached hydrogens (primary N) is 1. The van der Waals surface area contributed by atoms with E-state index in [4.69, 9.17) is 5.73 Å². The largest absolute Gasteiger partial charge is 0.340 e. The van der Waals surface area contributed by atoms with E-state index in [1.54, 1.807) is 0 Å². The Morgan fingerprint density at radius 1 is 1.04 bits per heavy atom.